The van der Waals surface area contributed by atoms with Crippen LogP contribution in [0.15, 0.2) is 30.3 Å². The van der Waals surface area contributed by atoms with E-state index in [-0.39, 0.29) is 11.9 Å². The second-order valence-electron chi connectivity index (χ2n) is 7.52. The Morgan fingerprint density at radius 2 is 1.93 bits per heavy atom. The Bertz CT molecular complexity index is 849. The number of esters is 1. The Hall–Kier alpha value is -1.99. The van der Waals surface area contributed by atoms with Gasteiger partial charge in [0.15, 0.2) is 6.67 Å². The maximum Gasteiger partial charge on any atom is 0.309 e. The molecule has 6 nitrogen and oxygen atoms in total. The second kappa shape index (κ2) is 7.94. The third-order valence-corrected chi connectivity index (χ3v) is 5.90. The number of carbonyl (C=O) groups is 1. The van der Waals surface area contributed by atoms with E-state index in [1.54, 1.807) is 0 Å². The summed E-state index contributed by atoms with van der Waals surface area (Å²) in [6.07, 6.45) is 4.12. The van der Waals surface area contributed by atoms with Crippen molar-refractivity contribution in [2.45, 2.75) is 45.2 Å². The zero-order valence-corrected chi connectivity index (χ0v) is 16.6. The minimum absolute atomic E-state index is 0.0439. The first-order chi connectivity index (χ1) is 13.2. The standard InChI is InChI=1S/C20H26N4O2S/c1-2-26-19(25)16-10-12-22(13-11-16)14-23-20(27)24(17-6-4-3-5-7-17)18(21-23)15-8-9-15/h3-7,15-16H,2,8-14H2,1H3/p+1. The van der Waals surface area contributed by atoms with Crippen molar-refractivity contribution in [1.29, 1.82) is 0 Å². The van der Waals surface area contributed by atoms with Crippen molar-refractivity contribution in [2.24, 2.45) is 5.92 Å². The Balaban J connectivity index is 1.49. The monoisotopic (exact) mass is 387 g/mol. The molecule has 1 aliphatic heterocycles. The predicted molar refractivity (Wildman–Crippen MR) is 104 cm³/mol. The molecule has 0 bridgehead atoms. The lowest BCUT2D eigenvalue weighted by molar-refractivity contribution is -0.929. The van der Waals surface area contributed by atoms with E-state index in [4.69, 9.17) is 22.1 Å². The van der Waals surface area contributed by atoms with E-state index in [1.807, 2.05) is 29.8 Å². The summed E-state index contributed by atoms with van der Waals surface area (Å²) < 4.78 is 10.1. The molecule has 4 rings (SSSR count). The van der Waals surface area contributed by atoms with Crippen molar-refractivity contribution in [3.8, 4) is 5.69 Å². The molecule has 2 fully saturated rings. The lowest BCUT2D eigenvalue weighted by atomic mass is 9.97. The Morgan fingerprint density at radius 3 is 2.56 bits per heavy atom. The summed E-state index contributed by atoms with van der Waals surface area (Å²) in [5.41, 5.74) is 1.09. The average molecular weight is 388 g/mol. The third kappa shape index (κ3) is 3.99. The molecular weight excluding hydrogens is 360 g/mol. The van der Waals surface area contributed by atoms with Crippen LogP contribution in [0.1, 0.15) is 44.3 Å². The summed E-state index contributed by atoms with van der Waals surface area (Å²) >= 11 is 5.79. The second-order valence-corrected chi connectivity index (χ2v) is 7.89. The highest BCUT2D eigenvalue weighted by Crippen LogP contribution is 2.40. The number of benzene rings is 1. The molecule has 0 radical (unpaired) electrons. The van der Waals surface area contributed by atoms with Crippen LogP contribution in [0.4, 0.5) is 0 Å². The van der Waals surface area contributed by atoms with Crippen LogP contribution in [0.3, 0.4) is 0 Å². The molecule has 1 aromatic carbocycles. The summed E-state index contributed by atoms with van der Waals surface area (Å²) in [6.45, 7) is 4.97. The molecule has 0 unspecified atom stereocenters. The van der Waals surface area contributed by atoms with Gasteiger partial charge in [-0.2, -0.15) is 9.78 Å². The van der Waals surface area contributed by atoms with Crippen LogP contribution < -0.4 is 4.90 Å². The topological polar surface area (TPSA) is 53.5 Å². The smallest absolute Gasteiger partial charge is 0.309 e. The van der Waals surface area contributed by atoms with Gasteiger partial charge in [0.1, 0.15) is 5.82 Å². The van der Waals surface area contributed by atoms with Gasteiger partial charge < -0.3 is 9.64 Å². The van der Waals surface area contributed by atoms with Gasteiger partial charge in [-0.05, 0) is 44.1 Å². The maximum atomic E-state index is 11.9. The quantitative estimate of drug-likeness (QED) is 0.609. The van der Waals surface area contributed by atoms with Crippen LogP contribution in [0.2, 0.25) is 0 Å². The number of hydrogen-bond donors (Lipinski definition) is 1. The van der Waals surface area contributed by atoms with E-state index < -0.39 is 0 Å². The lowest BCUT2D eigenvalue weighted by Crippen LogP contribution is -3.12. The van der Waals surface area contributed by atoms with Crippen LogP contribution >= 0.6 is 12.2 Å². The highest BCUT2D eigenvalue weighted by molar-refractivity contribution is 7.71. The van der Waals surface area contributed by atoms with Gasteiger partial charge in [0.05, 0.1) is 25.6 Å². The van der Waals surface area contributed by atoms with E-state index in [2.05, 4.69) is 16.7 Å². The van der Waals surface area contributed by atoms with E-state index in [9.17, 15) is 4.79 Å². The van der Waals surface area contributed by atoms with E-state index in [1.165, 1.54) is 17.7 Å². The molecule has 2 aromatic rings. The number of aromatic nitrogens is 3. The number of para-hydroxylation sites is 1. The number of piperidine rings is 1. The number of rotatable bonds is 6. The SMILES string of the molecule is CCOC(=O)C1CC[NH+](Cn2nc(C3CC3)n(-c3ccccc3)c2=S)CC1. The summed E-state index contributed by atoms with van der Waals surface area (Å²) in [6, 6.07) is 10.3. The van der Waals surface area contributed by atoms with Crippen molar-refractivity contribution in [3.05, 3.63) is 40.9 Å². The fraction of sp³-hybridized carbons (Fsp3) is 0.550. The third-order valence-electron chi connectivity index (χ3n) is 5.51. The molecule has 0 spiro atoms. The molecule has 1 saturated heterocycles. The van der Waals surface area contributed by atoms with Crippen LogP contribution in [0.25, 0.3) is 5.69 Å². The number of quaternary nitrogens is 1. The van der Waals surface area contributed by atoms with Crippen LogP contribution in [-0.2, 0) is 16.2 Å². The maximum absolute atomic E-state index is 11.9. The van der Waals surface area contributed by atoms with Crippen molar-refractivity contribution in [1.82, 2.24) is 14.3 Å². The van der Waals surface area contributed by atoms with Gasteiger partial charge in [-0.25, -0.2) is 0 Å². The van der Waals surface area contributed by atoms with Crippen LogP contribution in [0.5, 0.6) is 0 Å². The molecule has 2 aliphatic rings. The first-order valence-corrected chi connectivity index (χ1v) is 10.3. The van der Waals surface area contributed by atoms with Gasteiger partial charge in [0.25, 0.3) is 0 Å². The summed E-state index contributed by atoms with van der Waals surface area (Å²) in [4.78, 5) is 13.4. The Morgan fingerprint density at radius 1 is 1.22 bits per heavy atom. The fourth-order valence-electron chi connectivity index (χ4n) is 3.84. The predicted octanol–water partition coefficient (Wildman–Crippen LogP) is 2.10. The molecular formula is C20H27N4O2S+. The van der Waals surface area contributed by atoms with Gasteiger partial charge in [0.2, 0.25) is 4.77 Å². The van der Waals surface area contributed by atoms with Gasteiger partial charge in [-0.3, -0.25) is 9.36 Å². The first kappa shape index (κ1) is 18.4. The van der Waals surface area contributed by atoms with Crippen molar-refractivity contribution < 1.29 is 14.4 Å². The molecule has 1 saturated carbocycles. The molecule has 7 heteroatoms. The summed E-state index contributed by atoms with van der Waals surface area (Å²) in [5, 5.41) is 4.89. The van der Waals surface area contributed by atoms with Crippen molar-refractivity contribution >= 4 is 18.2 Å². The highest BCUT2D eigenvalue weighted by atomic mass is 32.1. The number of hydrogen-bond acceptors (Lipinski definition) is 4. The molecule has 27 heavy (non-hydrogen) atoms. The van der Waals surface area contributed by atoms with Crippen LogP contribution in [-0.4, -0.2) is 40.0 Å². The largest absolute Gasteiger partial charge is 0.466 e. The minimum Gasteiger partial charge on any atom is -0.466 e. The van der Waals surface area contributed by atoms with Gasteiger partial charge in [-0.1, -0.05) is 18.2 Å². The van der Waals surface area contributed by atoms with Crippen LogP contribution in [0, 0.1) is 10.7 Å². The van der Waals surface area contributed by atoms with E-state index in [0.717, 1.165) is 48.9 Å². The number of ether oxygens (including phenoxy) is 1. The normalized spacial score (nSPS) is 22.6. The van der Waals surface area contributed by atoms with E-state index in [0.29, 0.717) is 12.5 Å². The molecule has 2 heterocycles. The molecule has 1 aromatic heterocycles. The van der Waals surface area contributed by atoms with E-state index >= 15 is 0 Å². The number of carbonyl (C=O) groups excluding carboxylic acids is 1. The Kier molecular flexibility index (Phi) is 5.41. The molecule has 0 amide bonds. The fourth-order valence-corrected chi connectivity index (χ4v) is 4.15. The first-order valence-electron chi connectivity index (χ1n) is 9.92. The van der Waals surface area contributed by atoms with Crippen molar-refractivity contribution in [3.63, 3.8) is 0 Å². The average Bonchev–Trinajstić information content (AvgIpc) is 3.48. The van der Waals surface area contributed by atoms with Crippen molar-refractivity contribution in [2.75, 3.05) is 19.7 Å². The van der Waals surface area contributed by atoms with Gasteiger partial charge in [0, 0.05) is 24.4 Å². The highest BCUT2D eigenvalue weighted by Gasteiger charge is 2.32. The zero-order valence-electron chi connectivity index (χ0n) is 15.8. The number of likely N-dealkylation sites (tertiary alicyclic amines) is 1. The molecule has 1 aliphatic carbocycles. The summed E-state index contributed by atoms with van der Waals surface area (Å²) in [7, 11) is 0. The van der Waals surface area contributed by atoms with Gasteiger partial charge in [-0.15, -0.1) is 0 Å². The Labute approximate surface area is 164 Å². The minimum atomic E-state index is -0.0439. The number of nitrogens with one attached hydrogen (secondary N) is 1. The lowest BCUT2D eigenvalue weighted by Gasteiger charge is -2.27. The number of nitrogens with zero attached hydrogens (tertiary/aromatic N) is 3. The molecule has 0 atom stereocenters. The molecule has 1 N–H and O–H groups in total. The molecule has 144 valence electrons. The van der Waals surface area contributed by atoms with Gasteiger partial charge >= 0.3 is 5.97 Å². The zero-order chi connectivity index (χ0) is 18.8. The summed E-state index contributed by atoms with van der Waals surface area (Å²) in [5.74, 6) is 1.62.